The number of nitro groups is 2. The van der Waals surface area contributed by atoms with E-state index in [0.29, 0.717) is 27.8 Å². The summed E-state index contributed by atoms with van der Waals surface area (Å²) in [6, 6.07) is 8.60. The lowest BCUT2D eigenvalue weighted by molar-refractivity contribution is -0.385. The fourth-order valence-electron chi connectivity index (χ4n) is 2.22. The van der Waals surface area contributed by atoms with Crippen molar-refractivity contribution in [3.05, 3.63) is 77.8 Å². The number of carbonyl (C=O) groups excluding carboxylic acids is 1. The van der Waals surface area contributed by atoms with Crippen LogP contribution in [0.2, 0.25) is 10.0 Å². The number of halogens is 3. The van der Waals surface area contributed by atoms with Crippen LogP contribution in [-0.4, -0.2) is 29.0 Å². The molecule has 2 rings (SSSR count). The molecule has 0 unspecified atom stereocenters. The predicted octanol–water partition coefficient (Wildman–Crippen LogP) is 4.89. The molecular formula is C18H18Cl3N3O6. The van der Waals surface area contributed by atoms with E-state index in [1.54, 1.807) is 6.92 Å². The molecule has 9 nitrogen and oxygen atoms in total. The van der Waals surface area contributed by atoms with Gasteiger partial charge in [0.15, 0.2) is 0 Å². The third kappa shape index (κ3) is 8.50. The van der Waals surface area contributed by atoms with E-state index in [-0.39, 0.29) is 30.3 Å². The highest BCUT2D eigenvalue weighted by atomic mass is 35.5. The quantitative estimate of drug-likeness (QED) is 0.248. The van der Waals surface area contributed by atoms with Crippen LogP contribution in [0.4, 0.5) is 11.4 Å². The number of esters is 1. The molecule has 0 saturated heterocycles. The van der Waals surface area contributed by atoms with Crippen LogP contribution in [0.3, 0.4) is 0 Å². The van der Waals surface area contributed by atoms with Gasteiger partial charge in [-0.25, -0.2) is 0 Å². The van der Waals surface area contributed by atoms with Gasteiger partial charge in [0.1, 0.15) is 0 Å². The Morgan fingerprint density at radius 1 is 1.00 bits per heavy atom. The second-order valence-corrected chi connectivity index (χ2v) is 6.74. The van der Waals surface area contributed by atoms with Crippen LogP contribution in [0.15, 0.2) is 36.4 Å². The Bertz CT molecular complexity index is 911. The van der Waals surface area contributed by atoms with E-state index in [1.807, 2.05) is 0 Å². The van der Waals surface area contributed by atoms with E-state index in [1.165, 1.54) is 36.4 Å². The van der Waals surface area contributed by atoms with Crippen LogP contribution < -0.4 is 5.32 Å². The first-order valence-electron chi connectivity index (χ1n) is 8.47. The lowest BCUT2D eigenvalue weighted by Crippen LogP contribution is -2.24. The van der Waals surface area contributed by atoms with E-state index in [2.05, 4.69) is 5.32 Å². The van der Waals surface area contributed by atoms with Crippen molar-refractivity contribution in [2.75, 3.05) is 13.2 Å². The first kappa shape index (κ1) is 25.6. The summed E-state index contributed by atoms with van der Waals surface area (Å²) in [5, 5.41) is 24.8. The zero-order chi connectivity index (χ0) is 22.7. The molecule has 0 heterocycles. The number of benzene rings is 2. The van der Waals surface area contributed by atoms with Crippen molar-refractivity contribution < 1.29 is 19.4 Å². The van der Waals surface area contributed by atoms with Gasteiger partial charge in [-0.2, -0.15) is 0 Å². The third-order valence-electron chi connectivity index (χ3n) is 3.51. The number of ether oxygens (including phenoxy) is 1. The number of carbonyl (C=O) groups is 1. The SMILES string of the molecule is CCOC(=O)CNCc1cc(Cl)ccc1[N+](=O)[O-].O=[N+]([O-])c1ccc(Cl)cc1CCl. The first-order valence-corrected chi connectivity index (χ1v) is 9.76. The summed E-state index contributed by atoms with van der Waals surface area (Å²) < 4.78 is 4.72. The Morgan fingerprint density at radius 2 is 1.50 bits per heavy atom. The molecule has 1 N–H and O–H groups in total. The van der Waals surface area contributed by atoms with E-state index in [9.17, 15) is 25.0 Å². The van der Waals surface area contributed by atoms with Gasteiger partial charge >= 0.3 is 5.97 Å². The van der Waals surface area contributed by atoms with Crippen LogP contribution in [0.25, 0.3) is 0 Å². The van der Waals surface area contributed by atoms with Gasteiger partial charge in [-0.3, -0.25) is 25.0 Å². The minimum atomic E-state index is -0.488. The van der Waals surface area contributed by atoms with Crippen LogP contribution in [0, 0.1) is 20.2 Å². The maximum Gasteiger partial charge on any atom is 0.319 e. The van der Waals surface area contributed by atoms with Gasteiger partial charge in [-0.1, -0.05) is 23.2 Å². The number of nitro benzene ring substituents is 2. The molecule has 30 heavy (non-hydrogen) atoms. The predicted molar refractivity (Wildman–Crippen MR) is 114 cm³/mol. The van der Waals surface area contributed by atoms with Gasteiger partial charge < -0.3 is 10.1 Å². The molecule has 0 spiro atoms. The minimum absolute atomic E-state index is 0.00247. The molecule has 0 atom stereocenters. The molecule has 2 aromatic rings. The van der Waals surface area contributed by atoms with Crippen molar-refractivity contribution in [2.24, 2.45) is 0 Å². The zero-order valence-corrected chi connectivity index (χ0v) is 18.0. The Kier molecular flexibility index (Phi) is 11.1. The highest BCUT2D eigenvalue weighted by molar-refractivity contribution is 6.31. The summed E-state index contributed by atoms with van der Waals surface area (Å²) in [7, 11) is 0. The Morgan fingerprint density at radius 3 is 1.97 bits per heavy atom. The molecule has 0 radical (unpaired) electrons. The zero-order valence-electron chi connectivity index (χ0n) is 15.8. The normalized spacial score (nSPS) is 10.0. The van der Waals surface area contributed by atoms with Crippen molar-refractivity contribution in [1.82, 2.24) is 5.32 Å². The second-order valence-electron chi connectivity index (χ2n) is 5.60. The lowest BCUT2D eigenvalue weighted by atomic mass is 10.2. The molecule has 0 aromatic heterocycles. The molecule has 0 amide bonds. The largest absolute Gasteiger partial charge is 0.465 e. The van der Waals surface area contributed by atoms with E-state index in [0.717, 1.165) is 0 Å². The number of nitrogens with zero attached hydrogens (tertiary/aromatic N) is 2. The molecule has 0 saturated carbocycles. The fourth-order valence-corrected chi connectivity index (χ4v) is 2.83. The molecule has 0 aliphatic carbocycles. The minimum Gasteiger partial charge on any atom is -0.465 e. The molecular weight excluding hydrogens is 461 g/mol. The van der Waals surface area contributed by atoms with Crippen LogP contribution >= 0.6 is 34.8 Å². The van der Waals surface area contributed by atoms with Crippen molar-refractivity contribution in [3.63, 3.8) is 0 Å². The van der Waals surface area contributed by atoms with Gasteiger partial charge in [0.05, 0.1) is 28.9 Å². The van der Waals surface area contributed by atoms with Crippen LogP contribution in [0.1, 0.15) is 18.1 Å². The Balaban J connectivity index is 0.000000325. The Hall–Kier alpha value is -2.46. The summed E-state index contributed by atoms with van der Waals surface area (Å²) in [6.45, 7) is 2.19. The van der Waals surface area contributed by atoms with E-state index >= 15 is 0 Å². The maximum atomic E-state index is 11.1. The van der Waals surface area contributed by atoms with E-state index < -0.39 is 15.8 Å². The molecule has 12 heteroatoms. The Labute approximate surface area is 187 Å². The van der Waals surface area contributed by atoms with Crippen molar-refractivity contribution in [1.29, 1.82) is 0 Å². The maximum absolute atomic E-state index is 11.1. The first-order chi connectivity index (χ1) is 14.2. The second kappa shape index (κ2) is 13.0. The summed E-state index contributed by atoms with van der Waals surface area (Å²) in [4.78, 5) is 31.3. The number of nitrogens with one attached hydrogen (secondary N) is 1. The standard InChI is InChI=1S/C11H13ClN2O4.C7H5Cl2NO2/c1-2-18-11(15)7-13-6-8-5-9(12)3-4-10(8)14(16)17;8-4-5-3-6(9)1-2-7(5)10(11)12/h3-5,13H,2,6-7H2,1H3;1-3H,4H2. The van der Waals surface area contributed by atoms with E-state index in [4.69, 9.17) is 39.5 Å². The van der Waals surface area contributed by atoms with Crippen molar-refractivity contribution in [3.8, 4) is 0 Å². The highest BCUT2D eigenvalue weighted by Gasteiger charge is 2.14. The molecule has 0 bridgehead atoms. The van der Waals surface area contributed by atoms with Crippen molar-refractivity contribution in [2.45, 2.75) is 19.3 Å². The van der Waals surface area contributed by atoms with Crippen LogP contribution in [-0.2, 0) is 22.0 Å². The van der Waals surface area contributed by atoms with Gasteiger partial charge in [0.2, 0.25) is 0 Å². The van der Waals surface area contributed by atoms with Crippen LogP contribution in [0.5, 0.6) is 0 Å². The third-order valence-corrected chi connectivity index (χ3v) is 4.27. The molecule has 0 fully saturated rings. The lowest BCUT2D eigenvalue weighted by Gasteiger charge is -2.06. The number of hydrogen-bond acceptors (Lipinski definition) is 7. The molecule has 162 valence electrons. The summed E-state index contributed by atoms with van der Waals surface area (Å²) in [5.41, 5.74) is 0.844. The summed E-state index contributed by atoms with van der Waals surface area (Å²) >= 11 is 16.9. The molecule has 0 aliphatic heterocycles. The number of rotatable bonds is 8. The average molecular weight is 479 g/mol. The summed E-state index contributed by atoms with van der Waals surface area (Å²) in [5.74, 6) is -0.307. The van der Waals surface area contributed by atoms with Gasteiger partial charge in [0.25, 0.3) is 11.4 Å². The summed E-state index contributed by atoms with van der Waals surface area (Å²) in [6.07, 6.45) is 0. The smallest absolute Gasteiger partial charge is 0.319 e. The van der Waals surface area contributed by atoms with Crippen molar-refractivity contribution >= 4 is 52.1 Å². The molecule has 0 aliphatic rings. The van der Waals surface area contributed by atoms with Gasteiger partial charge in [-0.05, 0) is 31.2 Å². The monoisotopic (exact) mass is 477 g/mol. The number of alkyl halides is 1. The molecule has 2 aromatic carbocycles. The van der Waals surface area contributed by atoms with Gasteiger partial charge in [0, 0.05) is 39.8 Å². The highest BCUT2D eigenvalue weighted by Crippen LogP contribution is 2.24. The fraction of sp³-hybridized carbons (Fsp3) is 0.278. The topological polar surface area (TPSA) is 125 Å². The number of hydrogen-bond donors (Lipinski definition) is 1. The average Bonchev–Trinajstić information content (AvgIpc) is 2.68. The van der Waals surface area contributed by atoms with Gasteiger partial charge in [-0.15, -0.1) is 11.6 Å².